The van der Waals surface area contributed by atoms with E-state index in [0.29, 0.717) is 24.7 Å². The summed E-state index contributed by atoms with van der Waals surface area (Å²) in [7, 11) is 3.15. The van der Waals surface area contributed by atoms with Gasteiger partial charge in [-0.15, -0.1) is 0 Å². The molecule has 0 saturated carbocycles. The van der Waals surface area contributed by atoms with Crippen molar-refractivity contribution in [2.45, 2.75) is 6.29 Å². The Hall–Kier alpha value is -0.820. The van der Waals surface area contributed by atoms with Gasteiger partial charge in [-0.1, -0.05) is 0 Å². The predicted molar refractivity (Wildman–Crippen MR) is 67.8 cm³/mol. The molecule has 1 aromatic carbocycles. The maximum Gasteiger partial charge on any atom is 0.188 e. The minimum atomic E-state index is -0.357. The summed E-state index contributed by atoms with van der Waals surface area (Å²) in [6, 6.07) is 3.69. The van der Waals surface area contributed by atoms with Gasteiger partial charge < -0.3 is 23.7 Å². The highest BCUT2D eigenvalue weighted by molar-refractivity contribution is 9.10. The fourth-order valence-electron chi connectivity index (χ4n) is 1.70. The lowest BCUT2D eigenvalue weighted by Gasteiger charge is -2.17. The van der Waals surface area contributed by atoms with E-state index in [4.69, 9.17) is 23.7 Å². The van der Waals surface area contributed by atoms with Crippen molar-refractivity contribution in [1.29, 1.82) is 0 Å². The van der Waals surface area contributed by atoms with Gasteiger partial charge >= 0.3 is 0 Å². The molecule has 1 heterocycles. The van der Waals surface area contributed by atoms with Crippen LogP contribution in [0.4, 0.5) is 0 Å². The molecule has 0 N–H and O–H groups in total. The van der Waals surface area contributed by atoms with Gasteiger partial charge in [-0.25, -0.2) is 0 Å². The average Bonchev–Trinajstić information content (AvgIpc) is 2.90. The number of hydrogen-bond donors (Lipinski definition) is 0. The lowest BCUT2D eigenvalue weighted by atomic mass is 10.2. The third-order valence-electron chi connectivity index (χ3n) is 2.50. The molecule has 6 heteroatoms. The van der Waals surface area contributed by atoms with Gasteiger partial charge in [0.25, 0.3) is 0 Å². The summed E-state index contributed by atoms with van der Waals surface area (Å²) in [4.78, 5) is 0. The summed E-state index contributed by atoms with van der Waals surface area (Å²) in [6.45, 7) is 1.36. The molecule has 0 bridgehead atoms. The maximum atomic E-state index is 5.47. The van der Waals surface area contributed by atoms with Crippen molar-refractivity contribution in [2.75, 3.05) is 34.2 Å². The number of methoxy groups -OCH3 is 2. The van der Waals surface area contributed by atoms with E-state index in [1.807, 2.05) is 12.1 Å². The summed E-state index contributed by atoms with van der Waals surface area (Å²) < 4.78 is 27.3. The van der Waals surface area contributed by atoms with Crippen LogP contribution in [-0.2, 0) is 14.2 Å². The van der Waals surface area contributed by atoms with Crippen LogP contribution in [0.2, 0.25) is 0 Å². The molecule has 1 aliphatic rings. The molecular weight excluding hydrogens is 304 g/mol. The van der Waals surface area contributed by atoms with E-state index in [1.165, 1.54) is 0 Å². The Bertz CT molecular complexity index is 404. The van der Waals surface area contributed by atoms with E-state index in [1.54, 1.807) is 14.2 Å². The second-order valence-corrected chi connectivity index (χ2v) is 4.42. The minimum Gasteiger partial charge on any atom is -0.492 e. The van der Waals surface area contributed by atoms with Crippen LogP contribution >= 0.6 is 15.9 Å². The van der Waals surface area contributed by atoms with Crippen molar-refractivity contribution >= 4 is 15.9 Å². The van der Waals surface area contributed by atoms with Gasteiger partial charge in [-0.3, -0.25) is 0 Å². The Balaban J connectivity index is 2.27. The molecule has 0 spiro atoms. The first-order valence-electron chi connectivity index (χ1n) is 5.49. The number of rotatable bonds is 5. The molecule has 1 aromatic rings. The molecule has 0 atom stereocenters. The molecule has 0 radical (unpaired) electrons. The molecule has 0 aliphatic carbocycles. The molecule has 1 aliphatic heterocycles. The summed E-state index contributed by atoms with van der Waals surface area (Å²) in [6.07, 6.45) is -0.357. The average molecular weight is 319 g/mol. The molecule has 5 nitrogen and oxygen atoms in total. The van der Waals surface area contributed by atoms with E-state index >= 15 is 0 Å². The third kappa shape index (κ3) is 2.77. The van der Waals surface area contributed by atoms with Crippen LogP contribution in [0.15, 0.2) is 16.6 Å². The van der Waals surface area contributed by atoms with Gasteiger partial charge in [0.05, 0.1) is 24.8 Å². The molecule has 1 saturated heterocycles. The number of ether oxygens (including phenoxy) is 5. The molecule has 18 heavy (non-hydrogen) atoms. The molecular formula is C12H15BrO5. The number of hydrogen-bond acceptors (Lipinski definition) is 5. The predicted octanol–water partition coefficient (Wildman–Crippen LogP) is 2.49. The SMILES string of the molecule is COCOc1ccc(C2OCCO2)c(Br)c1OC. The largest absolute Gasteiger partial charge is 0.492 e. The molecule has 0 amide bonds. The van der Waals surface area contributed by atoms with Crippen LogP contribution < -0.4 is 9.47 Å². The van der Waals surface area contributed by atoms with Crippen LogP contribution in [0.25, 0.3) is 0 Å². The Kier molecular flexibility index (Phi) is 4.82. The van der Waals surface area contributed by atoms with E-state index in [2.05, 4.69) is 15.9 Å². The molecule has 0 unspecified atom stereocenters. The topological polar surface area (TPSA) is 46.2 Å². The van der Waals surface area contributed by atoms with Gasteiger partial charge in [0, 0.05) is 12.7 Å². The molecule has 100 valence electrons. The maximum absolute atomic E-state index is 5.47. The van der Waals surface area contributed by atoms with Crippen molar-refractivity contribution in [3.05, 3.63) is 22.2 Å². The highest BCUT2D eigenvalue weighted by Gasteiger charge is 2.24. The van der Waals surface area contributed by atoms with Crippen LogP contribution in [-0.4, -0.2) is 34.2 Å². The zero-order chi connectivity index (χ0) is 13.0. The van der Waals surface area contributed by atoms with Crippen molar-refractivity contribution in [2.24, 2.45) is 0 Å². The fourth-order valence-corrected chi connectivity index (χ4v) is 2.38. The van der Waals surface area contributed by atoms with Gasteiger partial charge in [0.15, 0.2) is 24.6 Å². The normalized spacial score (nSPS) is 15.9. The van der Waals surface area contributed by atoms with Crippen LogP contribution in [0.1, 0.15) is 11.9 Å². The zero-order valence-electron chi connectivity index (χ0n) is 10.3. The highest BCUT2D eigenvalue weighted by Crippen LogP contribution is 2.41. The van der Waals surface area contributed by atoms with E-state index in [0.717, 1.165) is 10.0 Å². The van der Waals surface area contributed by atoms with E-state index < -0.39 is 0 Å². The Morgan fingerprint density at radius 2 is 2.00 bits per heavy atom. The summed E-state index contributed by atoms with van der Waals surface area (Å²) in [5, 5.41) is 0. The summed E-state index contributed by atoms with van der Waals surface area (Å²) in [5.41, 5.74) is 0.883. The van der Waals surface area contributed by atoms with Gasteiger partial charge in [0.1, 0.15) is 0 Å². The third-order valence-corrected chi connectivity index (χ3v) is 3.32. The molecule has 1 fully saturated rings. The smallest absolute Gasteiger partial charge is 0.188 e. The van der Waals surface area contributed by atoms with Crippen molar-refractivity contribution in [1.82, 2.24) is 0 Å². The number of benzene rings is 1. The van der Waals surface area contributed by atoms with Crippen molar-refractivity contribution < 1.29 is 23.7 Å². The standard InChI is InChI=1S/C12H15BrO5/c1-14-7-18-9-4-3-8(10(13)11(9)15-2)12-16-5-6-17-12/h3-4,12H,5-7H2,1-2H3. The molecule has 2 rings (SSSR count). The van der Waals surface area contributed by atoms with Crippen molar-refractivity contribution in [3.8, 4) is 11.5 Å². The van der Waals surface area contributed by atoms with Crippen LogP contribution in [0, 0.1) is 0 Å². The zero-order valence-corrected chi connectivity index (χ0v) is 11.9. The quantitative estimate of drug-likeness (QED) is 0.780. The van der Waals surface area contributed by atoms with Gasteiger partial charge in [-0.2, -0.15) is 0 Å². The highest BCUT2D eigenvalue weighted by atomic mass is 79.9. The van der Waals surface area contributed by atoms with Crippen LogP contribution in [0.5, 0.6) is 11.5 Å². The summed E-state index contributed by atoms with van der Waals surface area (Å²) in [5.74, 6) is 1.21. The second kappa shape index (κ2) is 6.38. The van der Waals surface area contributed by atoms with Crippen molar-refractivity contribution in [3.63, 3.8) is 0 Å². The lowest BCUT2D eigenvalue weighted by molar-refractivity contribution is -0.0448. The van der Waals surface area contributed by atoms with Gasteiger partial charge in [-0.05, 0) is 28.1 Å². The Morgan fingerprint density at radius 3 is 2.61 bits per heavy atom. The van der Waals surface area contributed by atoms with E-state index in [9.17, 15) is 0 Å². The van der Waals surface area contributed by atoms with Crippen LogP contribution in [0.3, 0.4) is 0 Å². The molecule has 0 aromatic heterocycles. The number of halogens is 1. The first-order valence-corrected chi connectivity index (χ1v) is 6.28. The summed E-state index contributed by atoms with van der Waals surface area (Å²) >= 11 is 3.49. The first kappa shape index (κ1) is 13.6. The second-order valence-electron chi connectivity index (χ2n) is 3.62. The minimum absolute atomic E-state index is 0.165. The Labute approximate surface area is 114 Å². The Morgan fingerprint density at radius 1 is 1.28 bits per heavy atom. The first-order chi connectivity index (χ1) is 8.77. The van der Waals surface area contributed by atoms with E-state index in [-0.39, 0.29) is 13.1 Å². The monoisotopic (exact) mass is 318 g/mol. The van der Waals surface area contributed by atoms with Gasteiger partial charge in [0.2, 0.25) is 0 Å². The lowest BCUT2D eigenvalue weighted by Crippen LogP contribution is -2.04. The fraction of sp³-hybridized carbons (Fsp3) is 0.500.